The van der Waals surface area contributed by atoms with Crippen LogP contribution in [0.3, 0.4) is 0 Å². The average Bonchev–Trinajstić information content (AvgIpc) is 2.29. The molecule has 0 saturated carbocycles. The van der Waals surface area contributed by atoms with E-state index in [1.165, 1.54) is 0 Å². The van der Waals surface area contributed by atoms with Crippen LogP contribution in [0.5, 0.6) is 0 Å². The monoisotopic (exact) mass is 213 g/mol. The number of nitrogens with zero attached hydrogens (tertiary/aromatic N) is 1. The van der Waals surface area contributed by atoms with Crippen LogP contribution in [-0.4, -0.2) is 15.9 Å². The minimum atomic E-state index is -0.567. The summed E-state index contributed by atoms with van der Waals surface area (Å²) in [6.07, 6.45) is 2.95. The summed E-state index contributed by atoms with van der Waals surface area (Å²) in [7, 11) is 0. The van der Waals surface area contributed by atoms with Gasteiger partial charge < -0.3 is 5.11 Å². The minimum absolute atomic E-state index is 0. The molecule has 4 heteroatoms. The van der Waals surface area contributed by atoms with Gasteiger partial charge in [-0.25, -0.2) is 0 Å². The summed E-state index contributed by atoms with van der Waals surface area (Å²) in [5.74, 6) is 0.0969. The average molecular weight is 214 g/mol. The molecule has 0 aliphatic heterocycles. The number of Topliss-reactive ketones (excluding diaryl/α,β-unsaturated/α-hetero) is 1. The van der Waals surface area contributed by atoms with E-state index < -0.39 is 6.10 Å². The van der Waals surface area contributed by atoms with Gasteiger partial charge in [-0.1, -0.05) is 0 Å². The summed E-state index contributed by atoms with van der Waals surface area (Å²) in [6, 6.07) is 3.47. The lowest BCUT2D eigenvalue weighted by Gasteiger charge is -2.07. The predicted octanol–water partition coefficient (Wildman–Crippen LogP) is 1.90. The van der Waals surface area contributed by atoms with Crippen LogP contribution in [-0.2, 0) is 0 Å². The highest BCUT2D eigenvalue weighted by Crippen LogP contribution is 2.26. The highest BCUT2D eigenvalue weighted by molar-refractivity contribution is 5.97. The highest BCUT2D eigenvalue weighted by Gasteiger charge is 2.21. The van der Waals surface area contributed by atoms with Gasteiger partial charge in [0.05, 0.1) is 11.8 Å². The van der Waals surface area contributed by atoms with Crippen molar-refractivity contribution in [1.82, 2.24) is 4.98 Å². The molecule has 1 aromatic rings. The molecule has 1 aliphatic rings. The Morgan fingerprint density at radius 3 is 3.07 bits per heavy atom. The lowest BCUT2D eigenvalue weighted by molar-refractivity contribution is 0.0981. The Labute approximate surface area is 88.6 Å². The number of carbonyl (C=O) groups is 1. The van der Waals surface area contributed by atoms with Crippen molar-refractivity contribution < 1.29 is 9.90 Å². The highest BCUT2D eigenvalue weighted by atomic mass is 35.5. The third kappa shape index (κ3) is 1.94. The van der Waals surface area contributed by atoms with E-state index in [0.29, 0.717) is 24.1 Å². The molecule has 1 heterocycles. The third-order valence-electron chi connectivity index (χ3n) is 2.34. The molecule has 0 radical (unpaired) electrons. The normalized spacial score (nSPS) is 20.6. The van der Waals surface area contributed by atoms with Gasteiger partial charge in [0.25, 0.3) is 0 Å². The Hall–Kier alpha value is -0.930. The first-order valence-corrected chi connectivity index (χ1v) is 4.45. The summed E-state index contributed by atoms with van der Waals surface area (Å²) in [4.78, 5) is 15.5. The summed E-state index contributed by atoms with van der Waals surface area (Å²) < 4.78 is 0. The molecule has 1 aliphatic carbocycles. The standard InChI is InChI=1S/C10H11NO2.ClH/c12-8-4-1-5-9(13)10-7(8)3-2-6-11-10;/h2-3,6,9,13H,1,4-5H2;1H/t9-;/m1./s1. The number of hydrogen-bond acceptors (Lipinski definition) is 3. The van der Waals surface area contributed by atoms with Crippen LogP contribution in [0.2, 0.25) is 0 Å². The van der Waals surface area contributed by atoms with Crippen molar-refractivity contribution in [3.05, 3.63) is 29.6 Å². The number of aliphatic hydroxyl groups is 1. The van der Waals surface area contributed by atoms with Gasteiger partial charge in [-0.3, -0.25) is 9.78 Å². The van der Waals surface area contributed by atoms with Crippen molar-refractivity contribution in [3.8, 4) is 0 Å². The molecule has 2 rings (SSSR count). The zero-order valence-electron chi connectivity index (χ0n) is 7.64. The number of rotatable bonds is 0. The van der Waals surface area contributed by atoms with Crippen LogP contribution in [0.4, 0.5) is 0 Å². The zero-order valence-corrected chi connectivity index (χ0v) is 8.46. The Balaban J connectivity index is 0.000000980. The molecule has 0 saturated heterocycles. The molecule has 0 spiro atoms. The SMILES string of the molecule is Cl.O=C1CCC[C@@H](O)c2ncccc21. The summed E-state index contributed by atoms with van der Waals surface area (Å²) in [5.41, 5.74) is 1.14. The first kappa shape index (κ1) is 11.1. The van der Waals surface area contributed by atoms with E-state index in [0.717, 1.165) is 6.42 Å². The van der Waals surface area contributed by atoms with Crippen molar-refractivity contribution in [2.24, 2.45) is 0 Å². The number of hydrogen-bond donors (Lipinski definition) is 1. The summed E-state index contributed by atoms with van der Waals surface area (Å²) >= 11 is 0. The van der Waals surface area contributed by atoms with E-state index >= 15 is 0 Å². The van der Waals surface area contributed by atoms with Gasteiger partial charge in [-0.2, -0.15) is 0 Å². The van der Waals surface area contributed by atoms with Crippen molar-refractivity contribution in [2.75, 3.05) is 0 Å². The quantitative estimate of drug-likeness (QED) is 0.670. The van der Waals surface area contributed by atoms with Crippen LogP contribution >= 0.6 is 12.4 Å². The molecule has 0 bridgehead atoms. The van der Waals surface area contributed by atoms with E-state index in [2.05, 4.69) is 4.98 Å². The van der Waals surface area contributed by atoms with Gasteiger partial charge in [0.15, 0.2) is 5.78 Å². The largest absolute Gasteiger partial charge is 0.387 e. The lowest BCUT2D eigenvalue weighted by atomic mass is 10.1. The molecule has 1 atom stereocenters. The Morgan fingerprint density at radius 2 is 2.29 bits per heavy atom. The second kappa shape index (κ2) is 4.53. The van der Waals surface area contributed by atoms with Crippen LogP contribution in [0.25, 0.3) is 0 Å². The minimum Gasteiger partial charge on any atom is -0.387 e. The van der Waals surface area contributed by atoms with Crippen LogP contribution in [0.1, 0.15) is 41.4 Å². The molecule has 76 valence electrons. The second-order valence-electron chi connectivity index (χ2n) is 3.27. The fourth-order valence-corrected chi connectivity index (χ4v) is 1.65. The molecular weight excluding hydrogens is 202 g/mol. The Bertz CT molecular complexity index is 341. The van der Waals surface area contributed by atoms with Gasteiger partial charge in [-0.15, -0.1) is 12.4 Å². The lowest BCUT2D eigenvalue weighted by Crippen LogP contribution is -2.04. The Kier molecular flexibility index (Phi) is 3.61. The number of halogens is 1. The summed E-state index contributed by atoms with van der Waals surface area (Å²) in [5, 5.41) is 9.64. The van der Waals surface area contributed by atoms with Gasteiger partial charge in [-0.05, 0) is 25.0 Å². The first-order valence-electron chi connectivity index (χ1n) is 4.45. The van der Waals surface area contributed by atoms with Crippen molar-refractivity contribution in [1.29, 1.82) is 0 Å². The van der Waals surface area contributed by atoms with Gasteiger partial charge in [0.2, 0.25) is 0 Å². The van der Waals surface area contributed by atoms with E-state index in [4.69, 9.17) is 0 Å². The molecule has 14 heavy (non-hydrogen) atoms. The zero-order chi connectivity index (χ0) is 9.26. The number of pyridine rings is 1. The van der Waals surface area contributed by atoms with E-state index in [1.54, 1.807) is 18.3 Å². The van der Waals surface area contributed by atoms with Crippen LogP contribution < -0.4 is 0 Å². The number of carbonyl (C=O) groups excluding carboxylic acids is 1. The summed E-state index contributed by atoms with van der Waals surface area (Å²) in [6.45, 7) is 0. The molecule has 3 nitrogen and oxygen atoms in total. The molecule has 0 unspecified atom stereocenters. The number of fused-ring (bicyclic) bond motifs is 1. The van der Waals surface area contributed by atoms with E-state index in [-0.39, 0.29) is 18.2 Å². The van der Waals surface area contributed by atoms with Gasteiger partial charge in [0, 0.05) is 18.2 Å². The van der Waals surface area contributed by atoms with E-state index in [9.17, 15) is 9.90 Å². The fourth-order valence-electron chi connectivity index (χ4n) is 1.65. The molecule has 0 aromatic carbocycles. The first-order chi connectivity index (χ1) is 6.29. The van der Waals surface area contributed by atoms with Crippen LogP contribution in [0, 0.1) is 0 Å². The number of ketones is 1. The maximum absolute atomic E-state index is 11.5. The molecule has 0 fully saturated rings. The van der Waals surface area contributed by atoms with Gasteiger partial charge in [0.1, 0.15) is 0 Å². The molecule has 0 amide bonds. The fraction of sp³-hybridized carbons (Fsp3) is 0.400. The van der Waals surface area contributed by atoms with Crippen molar-refractivity contribution in [2.45, 2.75) is 25.4 Å². The smallest absolute Gasteiger partial charge is 0.164 e. The number of aliphatic hydroxyl groups excluding tert-OH is 1. The van der Waals surface area contributed by atoms with Crippen LogP contribution in [0.15, 0.2) is 18.3 Å². The second-order valence-corrected chi connectivity index (χ2v) is 3.27. The topological polar surface area (TPSA) is 50.2 Å². The third-order valence-corrected chi connectivity index (χ3v) is 2.34. The van der Waals surface area contributed by atoms with Crippen molar-refractivity contribution >= 4 is 18.2 Å². The number of aromatic nitrogens is 1. The Morgan fingerprint density at radius 1 is 1.50 bits per heavy atom. The maximum Gasteiger partial charge on any atom is 0.164 e. The van der Waals surface area contributed by atoms with E-state index in [1.807, 2.05) is 0 Å². The molecule has 1 N–H and O–H groups in total. The van der Waals surface area contributed by atoms with Gasteiger partial charge >= 0.3 is 0 Å². The molecule has 1 aromatic heterocycles. The predicted molar refractivity (Wildman–Crippen MR) is 54.6 cm³/mol. The van der Waals surface area contributed by atoms with Crippen molar-refractivity contribution in [3.63, 3.8) is 0 Å². The maximum atomic E-state index is 11.5. The molecular formula is C10H12ClNO2.